The lowest BCUT2D eigenvalue weighted by molar-refractivity contribution is 0.555. The van der Waals surface area contributed by atoms with Crippen molar-refractivity contribution in [3.05, 3.63) is 22.6 Å². The first-order valence-electron chi connectivity index (χ1n) is 2.52. The van der Waals surface area contributed by atoms with Crippen molar-refractivity contribution < 1.29 is 4.42 Å². The summed E-state index contributed by atoms with van der Waals surface area (Å²) in [6, 6.07) is 1.72. The zero-order chi connectivity index (χ0) is 7.56. The van der Waals surface area contributed by atoms with Gasteiger partial charge in [0.05, 0.1) is 10.7 Å². The fourth-order valence-corrected chi connectivity index (χ4v) is 0.940. The first kappa shape index (κ1) is 7.14. The van der Waals surface area contributed by atoms with Crippen LogP contribution >= 0.6 is 15.9 Å². The molecule has 5 heteroatoms. The summed E-state index contributed by atoms with van der Waals surface area (Å²) in [5.74, 6) is 5.55. The van der Waals surface area contributed by atoms with E-state index in [1.54, 1.807) is 6.07 Å². The van der Waals surface area contributed by atoms with Crippen LogP contribution in [-0.2, 0) is 0 Å². The van der Waals surface area contributed by atoms with Crippen LogP contribution in [0.5, 0.6) is 0 Å². The zero-order valence-corrected chi connectivity index (χ0v) is 6.63. The maximum absolute atomic E-state index is 5.34. The molecule has 1 rings (SSSR count). The second-order valence-corrected chi connectivity index (χ2v) is 2.47. The number of hydrogen-bond donors (Lipinski definition) is 2. The van der Waals surface area contributed by atoms with E-state index in [-0.39, 0.29) is 5.84 Å². The lowest BCUT2D eigenvalue weighted by Gasteiger charge is -1.91. The minimum absolute atomic E-state index is 0.178. The van der Waals surface area contributed by atoms with Gasteiger partial charge in [-0.15, -0.1) is 0 Å². The average molecular weight is 204 g/mol. The number of hydrazone groups is 1. The minimum Gasteiger partial charge on any atom is -0.460 e. The monoisotopic (exact) mass is 203 g/mol. The van der Waals surface area contributed by atoms with Crippen LogP contribution in [0, 0.1) is 0 Å². The van der Waals surface area contributed by atoms with Crippen molar-refractivity contribution in [2.75, 3.05) is 0 Å². The maximum atomic E-state index is 5.34. The van der Waals surface area contributed by atoms with Gasteiger partial charge in [0, 0.05) is 0 Å². The lowest BCUT2D eigenvalue weighted by atomic mass is 10.4. The number of halogens is 1. The summed E-state index contributed by atoms with van der Waals surface area (Å²) in [5, 5.41) is 3.26. The van der Waals surface area contributed by atoms with Gasteiger partial charge in [-0.2, -0.15) is 5.10 Å². The molecule has 0 radical (unpaired) electrons. The van der Waals surface area contributed by atoms with Crippen molar-refractivity contribution in [3.63, 3.8) is 0 Å². The first-order valence-corrected chi connectivity index (χ1v) is 3.31. The van der Waals surface area contributed by atoms with Crippen LogP contribution in [0.1, 0.15) is 5.76 Å². The Kier molecular flexibility index (Phi) is 1.96. The number of nitrogens with zero attached hydrogens (tertiary/aromatic N) is 1. The van der Waals surface area contributed by atoms with Crippen LogP contribution in [0.25, 0.3) is 0 Å². The summed E-state index contributed by atoms with van der Waals surface area (Å²) in [6.07, 6.45) is 1.50. The van der Waals surface area contributed by atoms with E-state index in [1.807, 2.05) is 0 Å². The molecular weight excluding hydrogens is 198 g/mol. The molecule has 0 unspecified atom stereocenters. The van der Waals surface area contributed by atoms with Crippen LogP contribution < -0.4 is 11.6 Å². The zero-order valence-electron chi connectivity index (χ0n) is 5.04. The van der Waals surface area contributed by atoms with E-state index in [2.05, 4.69) is 21.0 Å². The minimum atomic E-state index is 0.178. The Labute approximate surface area is 66.0 Å². The smallest absolute Gasteiger partial charge is 0.187 e. The van der Waals surface area contributed by atoms with Gasteiger partial charge in [0.2, 0.25) is 0 Å². The van der Waals surface area contributed by atoms with Gasteiger partial charge in [0.15, 0.2) is 11.6 Å². The molecule has 1 heterocycles. The summed E-state index contributed by atoms with van der Waals surface area (Å²) in [6.45, 7) is 0. The Morgan fingerprint density at radius 1 is 1.70 bits per heavy atom. The van der Waals surface area contributed by atoms with Crippen LogP contribution in [0.4, 0.5) is 0 Å². The molecule has 0 aliphatic carbocycles. The largest absolute Gasteiger partial charge is 0.460 e. The van der Waals surface area contributed by atoms with Crippen molar-refractivity contribution in [2.24, 2.45) is 16.7 Å². The Balaban J connectivity index is 3.05. The van der Waals surface area contributed by atoms with Crippen molar-refractivity contribution >= 4 is 21.8 Å². The van der Waals surface area contributed by atoms with E-state index in [0.717, 1.165) is 4.47 Å². The lowest BCUT2D eigenvalue weighted by Crippen LogP contribution is -2.14. The molecule has 0 spiro atoms. The van der Waals surface area contributed by atoms with E-state index in [4.69, 9.17) is 16.0 Å². The van der Waals surface area contributed by atoms with E-state index in [1.165, 1.54) is 6.26 Å². The molecule has 4 nitrogen and oxygen atoms in total. The van der Waals surface area contributed by atoms with Crippen molar-refractivity contribution in [2.45, 2.75) is 0 Å². The highest BCUT2D eigenvalue weighted by Crippen LogP contribution is 2.16. The van der Waals surface area contributed by atoms with Crippen LogP contribution in [0.2, 0.25) is 0 Å². The van der Waals surface area contributed by atoms with Crippen molar-refractivity contribution in [3.8, 4) is 0 Å². The number of amidine groups is 1. The van der Waals surface area contributed by atoms with Crippen LogP contribution in [0.3, 0.4) is 0 Å². The molecule has 0 aromatic carbocycles. The van der Waals surface area contributed by atoms with Crippen LogP contribution in [-0.4, -0.2) is 5.84 Å². The maximum Gasteiger partial charge on any atom is 0.187 e. The molecule has 0 amide bonds. The molecule has 0 aliphatic heterocycles. The molecule has 4 N–H and O–H groups in total. The van der Waals surface area contributed by atoms with Gasteiger partial charge in [0.1, 0.15) is 0 Å². The van der Waals surface area contributed by atoms with Crippen molar-refractivity contribution in [1.82, 2.24) is 0 Å². The molecule has 54 valence electrons. The summed E-state index contributed by atoms with van der Waals surface area (Å²) in [4.78, 5) is 0. The highest BCUT2D eigenvalue weighted by Gasteiger charge is 2.06. The summed E-state index contributed by atoms with van der Waals surface area (Å²) in [5.41, 5.74) is 5.34. The molecule has 0 aliphatic rings. The predicted octanol–water partition coefficient (Wildman–Crippen LogP) is 0.621. The second kappa shape index (κ2) is 2.74. The van der Waals surface area contributed by atoms with Gasteiger partial charge < -0.3 is 16.0 Å². The SMILES string of the molecule is N/N=C(/N)c1occc1Br. The normalized spacial score (nSPS) is 11.9. The van der Waals surface area contributed by atoms with Gasteiger partial charge in [-0.25, -0.2) is 0 Å². The highest BCUT2D eigenvalue weighted by molar-refractivity contribution is 9.10. The number of hydrogen-bond acceptors (Lipinski definition) is 3. The summed E-state index contributed by atoms with van der Waals surface area (Å²) < 4.78 is 5.68. The molecule has 10 heavy (non-hydrogen) atoms. The molecule has 0 fully saturated rings. The first-order chi connectivity index (χ1) is 4.75. The fourth-order valence-electron chi connectivity index (χ4n) is 0.535. The molecule has 1 aromatic heterocycles. The molecule has 0 atom stereocenters. The Bertz CT molecular complexity index is 255. The third-order valence-corrected chi connectivity index (χ3v) is 1.61. The fraction of sp³-hybridized carbons (Fsp3) is 0. The Hall–Kier alpha value is -0.970. The van der Waals surface area contributed by atoms with Gasteiger partial charge in [-0.3, -0.25) is 0 Å². The van der Waals surface area contributed by atoms with E-state index in [0.29, 0.717) is 5.76 Å². The summed E-state index contributed by atoms with van der Waals surface area (Å²) in [7, 11) is 0. The number of furan rings is 1. The van der Waals surface area contributed by atoms with Gasteiger partial charge >= 0.3 is 0 Å². The van der Waals surface area contributed by atoms with Crippen LogP contribution in [0.15, 0.2) is 26.3 Å². The molecule has 1 aromatic rings. The summed E-state index contributed by atoms with van der Waals surface area (Å²) >= 11 is 3.20. The Morgan fingerprint density at radius 2 is 2.40 bits per heavy atom. The third kappa shape index (κ3) is 1.13. The van der Waals surface area contributed by atoms with Crippen molar-refractivity contribution in [1.29, 1.82) is 0 Å². The molecule has 0 bridgehead atoms. The van der Waals surface area contributed by atoms with E-state index < -0.39 is 0 Å². The number of nitrogens with two attached hydrogens (primary N) is 2. The van der Waals surface area contributed by atoms with Gasteiger partial charge in [-0.05, 0) is 22.0 Å². The predicted molar refractivity (Wildman–Crippen MR) is 41.3 cm³/mol. The molecule has 0 saturated heterocycles. The third-order valence-electron chi connectivity index (χ3n) is 0.989. The second-order valence-electron chi connectivity index (χ2n) is 1.61. The molecular formula is C5H6BrN3O. The topological polar surface area (TPSA) is 77.5 Å². The quantitative estimate of drug-likeness (QED) is 0.304. The van der Waals surface area contributed by atoms with Gasteiger partial charge in [0.25, 0.3) is 0 Å². The van der Waals surface area contributed by atoms with E-state index >= 15 is 0 Å². The molecule has 0 saturated carbocycles. The average Bonchev–Trinajstić information content (AvgIpc) is 2.34. The Morgan fingerprint density at radius 3 is 2.80 bits per heavy atom. The standard InChI is InChI=1S/C5H6BrN3O/c6-3-1-2-10-4(3)5(7)9-8/h1-2H,8H2,(H2,7,9). The van der Waals surface area contributed by atoms with Gasteiger partial charge in [-0.1, -0.05) is 0 Å². The highest BCUT2D eigenvalue weighted by atomic mass is 79.9. The van der Waals surface area contributed by atoms with E-state index in [9.17, 15) is 0 Å². The number of rotatable bonds is 1.